The number of hydrogen-bond acceptors (Lipinski definition) is 3. The van der Waals surface area contributed by atoms with Crippen LogP contribution in [-0.2, 0) is 4.79 Å². The molecule has 6 heteroatoms. The van der Waals surface area contributed by atoms with Crippen molar-refractivity contribution in [2.24, 2.45) is 5.41 Å². The predicted octanol–water partition coefficient (Wildman–Crippen LogP) is 2.11. The minimum absolute atomic E-state index is 0.00398. The Labute approximate surface area is 118 Å². The molecule has 1 saturated heterocycles. The van der Waals surface area contributed by atoms with Crippen molar-refractivity contribution in [3.63, 3.8) is 0 Å². The normalized spacial score (nSPS) is 23.2. The smallest absolute Gasteiger partial charge is 0.254 e. The lowest BCUT2D eigenvalue weighted by molar-refractivity contribution is -0.128. The summed E-state index contributed by atoms with van der Waals surface area (Å²) in [7, 11) is 1.63. The molecule has 1 aromatic rings. The van der Waals surface area contributed by atoms with Crippen LogP contribution in [0, 0.1) is 5.41 Å². The van der Waals surface area contributed by atoms with E-state index in [1.54, 1.807) is 11.9 Å². The molecule has 0 aliphatic carbocycles. The monoisotopic (exact) mass is 330 g/mol. The largest absolute Gasteiger partial charge is 0.359 e. The highest BCUT2D eigenvalue weighted by Crippen LogP contribution is 2.32. The van der Waals surface area contributed by atoms with Crippen LogP contribution < -0.4 is 5.32 Å². The number of thiophene rings is 1. The minimum Gasteiger partial charge on any atom is -0.359 e. The molecule has 2 heterocycles. The second-order valence-corrected chi connectivity index (χ2v) is 7.05. The van der Waals surface area contributed by atoms with E-state index in [1.165, 1.54) is 11.3 Å². The van der Waals surface area contributed by atoms with Crippen molar-refractivity contribution in [3.8, 4) is 0 Å². The van der Waals surface area contributed by atoms with Gasteiger partial charge in [0.1, 0.15) is 0 Å². The van der Waals surface area contributed by atoms with Gasteiger partial charge in [0.25, 0.3) is 5.91 Å². The van der Waals surface area contributed by atoms with Gasteiger partial charge in [0.2, 0.25) is 5.91 Å². The summed E-state index contributed by atoms with van der Waals surface area (Å²) in [6, 6.07) is 1.82. The molecule has 0 saturated carbocycles. The van der Waals surface area contributed by atoms with Crippen LogP contribution in [0.4, 0.5) is 0 Å². The fourth-order valence-corrected chi connectivity index (χ4v) is 3.36. The molecule has 1 N–H and O–H groups in total. The molecule has 0 radical (unpaired) electrons. The maximum absolute atomic E-state index is 12.2. The number of rotatable bonds is 2. The van der Waals surface area contributed by atoms with Crippen molar-refractivity contribution >= 4 is 39.1 Å². The van der Waals surface area contributed by atoms with E-state index in [0.29, 0.717) is 25.1 Å². The maximum Gasteiger partial charge on any atom is 0.254 e. The molecule has 0 bridgehead atoms. The van der Waals surface area contributed by atoms with Crippen LogP contribution in [-0.4, -0.2) is 36.9 Å². The van der Waals surface area contributed by atoms with Gasteiger partial charge in [-0.15, -0.1) is 11.3 Å². The van der Waals surface area contributed by atoms with Gasteiger partial charge in [0.15, 0.2) is 0 Å². The van der Waals surface area contributed by atoms with Crippen molar-refractivity contribution in [3.05, 3.63) is 20.8 Å². The maximum atomic E-state index is 12.2. The van der Waals surface area contributed by atoms with Gasteiger partial charge in [0, 0.05) is 25.5 Å². The number of carbonyl (C=O) groups excluding carboxylic acids is 2. The van der Waals surface area contributed by atoms with Crippen LogP contribution in [0.25, 0.3) is 0 Å². The Bertz CT molecular complexity index is 488. The Hall–Kier alpha value is -0.880. The zero-order valence-electron chi connectivity index (χ0n) is 10.3. The predicted molar refractivity (Wildman–Crippen MR) is 74.7 cm³/mol. The zero-order chi connectivity index (χ0) is 13.3. The lowest BCUT2D eigenvalue weighted by atomic mass is 9.89. The number of nitrogens with one attached hydrogen (secondary N) is 1. The quantitative estimate of drug-likeness (QED) is 0.902. The third-order valence-electron chi connectivity index (χ3n) is 3.35. The molecule has 1 aliphatic rings. The van der Waals surface area contributed by atoms with Gasteiger partial charge in [-0.25, -0.2) is 0 Å². The molecule has 1 aromatic heterocycles. The minimum atomic E-state index is -0.461. The van der Waals surface area contributed by atoms with Crippen molar-refractivity contribution in [1.29, 1.82) is 0 Å². The Balaban J connectivity index is 2.09. The van der Waals surface area contributed by atoms with Crippen LogP contribution in [0.3, 0.4) is 0 Å². The Morgan fingerprint density at radius 3 is 2.83 bits per heavy atom. The van der Waals surface area contributed by atoms with Gasteiger partial charge in [-0.2, -0.15) is 0 Å². The van der Waals surface area contributed by atoms with Crippen LogP contribution >= 0.6 is 27.3 Å². The van der Waals surface area contributed by atoms with Crippen LogP contribution in [0.2, 0.25) is 0 Å². The topological polar surface area (TPSA) is 49.4 Å². The number of nitrogens with zero attached hydrogens (tertiary/aromatic N) is 1. The van der Waals surface area contributed by atoms with Gasteiger partial charge in [0.05, 0.1) is 14.8 Å². The van der Waals surface area contributed by atoms with E-state index in [4.69, 9.17) is 0 Å². The van der Waals surface area contributed by atoms with Crippen molar-refractivity contribution in [2.45, 2.75) is 13.3 Å². The lowest BCUT2D eigenvalue weighted by Crippen LogP contribution is -2.40. The molecule has 1 fully saturated rings. The van der Waals surface area contributed by atoms with Gasteiger partial charge >= 0.3 is 0 Å². The number of halogens is 1. The summed E-state index contributed by atoms with van der Waals surface area (Å²) >= 11 is 4.84. The molecule has 2 rings (SSSR count). The third-order valence-corrected chi connectivity index (χ3v) is 4.85. The molecule has 1 aliphatic heterocycles. The summed E-state index contributed by atoms with van der Waals surface area (Å²) < 4.78 is 0.944. The number of amides is 2. The third kappa shape index (κ3) is 2.44. The van der Waals surface area contributed by atoms with E-state index in [0.717, 1.165) is 3.79 Å². The summed E-state index contributed by atoms with van der Waals surface area (Å²) in [5.41, 5.74) is 0.227. The molecule has 0 spiro atoms. The average Bonchev–Trinajstić information content (AvgIpc) is 2.95. The first kappa shape index (κ1) is 13.5. The second-order valence-electron chi connectivity index (χ2n) is 4.76. The average molecular weight is 331 g/mol. The van der Waals surface area contributed by atoms with Crippen molar-refractivity contribution < 1.29 is 9.59 Å². The Kier molecular flexibility index (Phi) is 3.77. The van der Waals surface area contributed by atoms with Gasteiger partial charge in [-0.3, -0.25) is 9.59 Å². The van der Waals surface area contributed by atoms with E-state index in [1.807, 2.05) is 18.4 Å². The zero-order valence-corrected chi connectivity index (χ0v) is 12.7. The fourth-order valence-electron chi connectivity index (χ4n) is 2.23. The summed E-state index contributed by atoms with van der Waals surface area (Å²) in [6.07, 6.45) is 0.712. The van der Waals surface area contributed by atoms with Crippen LogP contribution in [0.1, 0.15) is 23.7 Å². The van der Waals surface area contributed by atoms with Crippen LogP contribution in [0.5, 0.6) is 0 Å². The van der Waals surface area contributed by atoms with E-state index in [2.05, 4.69) is 21.2 Å². The summed E-state index contributed by atoms with van der Waals surface area (Å²) in [5, 5.41) is 4.50. The summed E-state index contributed by atoms with van der Waals surface area (Å²) in [4.78, 5) is 25.8. The van der Waals surface area contributed by atoms with Gasteiger partial charge in [-0.05, 0) is 35.3 Å². The molecule has 0 aromatic carbocycles. The molecule has 98 valence electrons. The lowest BCUT2D eigenvalue weighted by Gasteiger charge is -2.22. The molecular weight excluding hydrogens is 316 g/mol. The van der Waals surface area contributed by atoms with Crippen LogP contribution in [0.15, 0.2) is 15.2 Å². The number of hydrogen-bond donors (Lipinski definition) is 1. The van der Waals surface area contributed by atoms with E-state index in [9.17, 15) is 9.59 Å². The van der Waals surface area contributed by atoms with E-state index < -0.39 is 5.41 Å². The Morgan fingerprint density at radius 2 is 2.28 bits per heavy atom. The standard InChI is InChI=1S/C12H15BrN2O2S/c1-12(11(17)14-2)3-4-15(7-12)10(16)8-5-9(13)18-6-8/h5-6H,3-4,7H2,1-2H3,(H,14,17). The van der Waals surface area contributed by atoms with Crippen molar-refractivity contribution in [2.75, 3.05) is 20.1 Å². The first-order valence-corrected chi connectivity index (χ1v) is 7.39. The van der Waals surface area contributed by atoms with Crippen molar-refractivity contribution in [1.82, 2.24) is 10.2 Å². The van der Waals surface area contributed by atoms with E-state index >= 15 is 0 Å². The summed E-state index contributed by atoms with van der Waals surface area (Å²) in [6.45, 7) is 3.03. The second kappa shape index (κ2) is 5.01. The highest BCUT2D eigenvalue weighted by Gasteiger charge is 2.41. The van der Waals surface area contributed by atoms with Gasteiger partial charge < -0.3 is 10.2 Å². The highest BCUT2D eigenvalue weighted by molar-refractivity contribution is 9.11. The molecular formula is C12H15BrN2O2S. The first-order chi connectivity index (χ1) is 8.46. The molecule has 4 nitrogen and oxygen atoms in total. The Morgan fingerprint density at radius 1 is 1.56 bits per heavy atom. The molecule has 18 heavy (non-hydrogen) atoms. The number of likely N-dealkylation sites (tertiary alicyclic amines) is 1. The fraction of sp³-hybridized carbons (Fsp3) is 0.500. The molecule has 1 unspecified atom stereocenters. The van der Waals surface area contributed by atoms with Gasteiger partial charge in [-0.1, -0.05) is 0 Å². The number of carbonyl (C=O) groups is 2. The highest BCUT2D eigenvalue weighted by atomic mass is 79.9. The first-order valence-electron chi connectivity index (χ1n) is 5.72. The molecule has 2 amide bonds. The molecule has 1 atom stereocenters. The van der Waals surface area contributed by atoms with E-state index in [-0.39, 0.29) is 11.8 Å². The SMILES string of the molecule is CNC(=O)C1(C)CCN(C(=O)c2csc(Br)c2)C1. The summed E-state index contributed by atoms with van der Waals surface area (Å²) in [5.74, 6) is 0.00822.